The lowest BCUT2D eigenvalue weighted by Crippen LogP contribution is -1.96. The number of pyridine rings is 1. The molecule has 0 aliphatic heterocycles. The second kappa shape index (κ2) is 5.60. The van der Waals surface area contributed by atoms with E-state index in [9.17, 15) is 0 Å². The zero-order valence-corrected chi connectivity index (χ0v) is 15.2. The van der Waals surface area contributed by atoms with E-state index < -0.39 is 0 Å². The number of furan rings is 1. The maximum Gasteiger partial charge on any atom is 0.137 e. The summed E-state index contributed by atoms with van der Waals surface area (Å²) >= 11 is 0. The molecule has 0 amide bonds. The number of hydrogen-bond acceptors (Lipinski definition) is 3. The summed E-state index contributed by atoms with van der Waals surface area (Å²) in [6, 6.07) is 24.6. The second-order valence-electron chi connectivity index (χ2n) is 6.87. The molecule has 3 aromatic carbocycles. The first kappa shape index (κ1) is 15.3. The first-order chi connectivity index (χ1) is 13.8. The minimum atomic E-state index is 0.821. The van der Waals surface area contributed by atoms with Gasteiger partial charge in [0.1, 0.15) is 22.7 Å². The van der Waals surface area contributed by atoms with Crippen molar-refractivity contribution in [1.29, 1.82) is 0 Å². The van der Waals surface area contributed by atoms with Gasteiger partial charge in [0, 0.05) is 39.9 Å². The van der Waals surface area contributed by atoms with Crippen molar-refractivity contribution in [3.63, 3.8) is 0 Å². The van der Waals surface area contributed by atoms with Crippen molar-refractivity contribution in [3.8, 4) is 11.6 Å². The first-order valence-electron chi connectivity index (χ1n) is 9.18. The van der Waals surface area contributed by atoms with E-state index in [4.69, 9.17) is 9.15 Å². The molecule has 0 aliphatic rings. The largest absolute Gasteiger partial charge is 0.497 e. The van der Waals surface area contributed by atoms with Gasteiger partial charge in [-0.1, -0.05) is 24.3 Å². The maximum atomic E-state index is 6.13. The lowest BCUT2D eigenvalue weighted by Gasteiger charge is -2.07. The Labute approximate surface area is 160 Å². The summed E-state index contributed by atoms with van der Waals surface area (Å²) in [6.45, 7) is 0. The topological polar surface area (TPSA) is 40.2 Å². The average molecular weight is 364 g/mol. The zero-order chi connectivity index (χ0) is 18.7. The van der Waals surface area contributed by atoms with E-state index in [-0.39, 0.29) is 0 Å². The van der Waals surface area contributed by atoms with Crippen LogP contribution in [-0.2, 0) is 0 Å². The van der Waals surface area contributed by atoms with Crippen LogP contribution in [-0.4, -0.2) is 16.7 Å². The van der Waals surface area contributed by atoms with Crippen LogP contribution in [0.5, 0.6) is 5.75 Å². The van der Waals surface area contributed by atoms with Gasteiger partial charge >= 0.3 is 0 Å². The van der Waals surface area contributed by atoms with Crippen molar-refractivity contribution >= 4 is 43.7 Å². The minimum Gasteiger partial charge on any atom is -0.497 e. The van der Waals surface area contributed by atoms with Gasteiger partial charge in [0.25, 0.3) is 0 Å². The lowest BCUT2D eigenvalue weighted by atomic mass is 10.1. The van der Waals surface area contributed by atoms with Crippen LogP contribution in [0, 0.1) is 0 Å². The van der Waals surface area contributed by atoms with Gasteiger partial charge in [0.15, 0.2) is 0 Å². The second-order valence-corrected chi connectivity index (χ2v) is 6.87. The zero-order valence-electron chi connectivity index (χ0n) is 15.2. The van der Waals surface area contributed by atoms with Crippen LogP contribution in [0.2, 0.25) is 0 Å². The molecule has 3 aromatic heterocycles. The van der Waals surface area contributed by atoms with Crippen molar-refractivity contribution in [2.24, 2.45) is 0 Å². The minimum absolute atomic E-state index is 0.821. The number of aromatic nitrogens is 2. The summed E-state index contributed by atoms with van der Waals surface area (Å²) in [7, 11) is 1.69. The highest BCUT2D eigenvalue weighted by atomic mass is 16.5. The number of rotatable bonds is 2. The standard InChI is InChI=1S/C24H16N2O2/c1-27-15-9-10-16-18-13-19-17-6-2-3-7-22(17)28-23(19)14-21(18)26(20(16)12-15)24-8-4-5-11-25-24/h2-14H,1H3. The Morgan fingerprint density at radius 1 is 0.750 bits per heavy atom. The highest BCUT2D eigenvalue weighted by Crippen LogP contribution is 2.38. The Morgan fingerprint density at radius 2 is 1.61 bits per heavy atom. The number of methoxy groups -OCH3 is 1. The fourth-order valence-corrected chi connectivity index (χ4v) is 4.08. The molecule has 0 saturated heterocycles. The molecule has 0 bridgehead atoms. The summed E-state index contributed by atoms with van der Waals surface area (Å²) in [5.41, 5.74) is 3.90. The van der Waals surface area contributed by atoms with Crippen LogP contribution in [0.3, 0.4) is 0 Å². The van der Waals surface area contributed by atoms with E-state index in [1.54, 1.807) is 7.11 Å². The number of ether oxygens (including phenoxy) is 1. The van der Waals surface area contributed by atoms with Gasteiger partial charge in [-0.15, -0.1) is 0 Å². The number of para-hydroxylation sites is 1. The van der Waals surface area contributed by atoms with E-state index >= 15 is 0 Å². The van der Waals surface area contributed by atoms with Crippen molar-refractivity contribution < 1.29 is 9.15 Å². The molecular weight excluding hydrogens is 348 g/mol. The van der Waals surface area contributed by atoms with E-state index in [2.05, 4.69) is 39.9 Å². The number of nitrogens with zero attached hydrogens (tertiary/aromatic N) is 2. The predicted octanol–water partition coefficient (Wildman–Crippen LogP) is 6.09. The third-order valence-electron chi connectivity index (χ3n) is 5.35. The number of fused-ring (bicyclic) bond motifs is 6. The fraction of sp³-hybridized carbons (Fsp3) is 0.0417. The molecule has 28 heavy (non-hydrogen) atoms. The Hall–Kier alpha value is -3.79. The molecule has 0 saturated carbocycles. The molecule has 0 unspecified atom stereocenters. The summed E-state index contributed by atoms with van der Waals surface area (Å²) in [5.74, 6) is 1.69. The average Bonchev–Trinajstić information content (AvgIpc) is 3.27. The molecule has 6 rings (SSSR count). The smallest absolute Gasteiger partial charge is 0.137 e. The molecule has 0 radical (unpaired) electrons. The highest BCUT2D eigenvalue weighted by molar-refractivity contribution is 6.17. The Bertz CT molecular complexity index is 1490. The van der Waals surface area contributed by atoms with Crippen LogP contribution in [0.15, 0.2) is 83.4 Å². The third-order valence-corrected chi connectivity index (χ3v) is 5.35. The first-order valence-corrected chi connectivity index (χ1v) is 9.18. The molecule has 134 valence electrons. The van der Waals surface area contributed by atoms with Gasteiger partial charge in [0.2, 0.25) is 0 Å². The number of hydrogen-bond donors (Lipinski definition) is 0. The van der Waals surface area contributed by atoms with Crippen molar-refractivity contribution in [2.75, 3.05) is 7.11 Å². The van der Waals surface area contributed by atoms with E-state index in [0.717, 1.165) is 49.9 Å². The molecule has 0 atom stereocenters. The molecule has 0 aliphatic carbocycles. The van der Waals surface area contributed by atoms with Crippen LogP contribution in [0.4, 0.5) is 0 Å². The summed E-state index contributed by atoms with van der Waals surface area (Å²) < 4.78 is 13.8. The van der Waals surface area contributed by atoms with Gasteiger partial charge < -0.3 is 9.15 Å². The number of benzene rings is 3. The lowest BCUT2D eigenvalue weighted by molar-refractivity contribution is 0.415. The summed E-state index contributed by atoms with van der Waals surface area (Å²) in [5, 5.41) is 4.58. The van der Waals surface area contributed by atoms with E-state index in [1.807, 2.05) is 48.7 Å². The SMILES string of the molecule is COc1ccc2c3cc4c(cc3n(-c3ccccn3)c2c1)oc1ccccc14. The third kappa shape index (κ3) is 2.03. The Kier molecular flexibility index (Phi) is 3.06. The molecule has 6 aromatic rings. The van der Waals surface area contributed by atoms with Gasteiger partial charge in [-0.05, 0) is 36.4 Å². The quantitative estimate of drug-likeness (QED) is 0.373. The van der Waals surface area contributed by atoms with Crippen LogP contribution in [0.25, 0.3) is 49.6 Å². The normalized spacial score (nSPS) is 11.8. The van der Waals surface area contributed by atoms with Gasteiger partial charge in [-0.2, -0.15) is 0 Å². The van der Waals surface area contributed by atoms with E-state index in [1.165, 1.54) is 5.39 Å². The van der Waals surface area contributed by atoms with Crippen molar-refractivity contribution in [1.82, 2.24) is 9.55 Å². The van der Waals surface area contributed by atoms with Crippen LogP contribution in [0.1, 0.15) is 0 Å². The Morgan fingerprint density at radius 3 is 2.46 bits per heavy atom. The molecule has 4 heteroatoms. The van der Waals surface area contributed by atoms with Crippen molar-refractivity contribution in [3.05, 3.63) is 79.0 Å². The monoisotopic (exact) mass is 364 g/mol. The highest BCUT2D eigenvalue weighted by Gasteiger charge is 2.17. The van der Waals surface area contributed by atoms with Gasteiger partial charge in [-0.3, -0.25) is 4.57 Å². The Balaban J connectivity index is 1.83. The van der Waals surface area contributed by atoms with Gasteiger partial charge in [0.05, 0.1) is 18.1 Å². The molecular formula is C24H16N2O2. The van der Waals surface area contributed by atoms with Crippen molar-refractivity contribution in [2.45, 2.75) is 0 Å². The summed E-state index contributed by atoms with van der Waals surface area (Å²) in [4.78, 5) is 4.59. The van der Waals surface area contributed by atoms with Crippen LogP contribution < -0.4 is 4.74 Å². The molecule has 3 heterocycles. The van der Waals surface area contributed by atoms with Crippen LogP contribution >= 0.6 is 0 Å². The molecule has 0 fully saturated rings. The van der Waals surface area contributed by atoms with E-state index in [0.29, 0.717) is 0 Å². The molecule has 0 spiro atoms. The predicted molar refractivity (Wildman–Crippen MR) is 112 cm³/mol. The summed E-state index contributed by atoms with van der Waals surface area (Å²) in [6.07, 6.45) is 1.81. The maximum absolute atomic E-state index is 6.13. The van der Waals surface area contributed by atoms with Gasteiger partial charge in [-0.25, -0.2) is 4.98 Å². The fourth-order valence-electron chi connectivity index (χ4n) is 4.08. The molecule has 0 N–H and O–H groups in total. The molecule has 4 nitrogen and oxygen atoms in total.